The Hall–Kier alpha value is -1.75. The average molecular weight is 236 g/mol. The van der Waals surface area contributed by atoms with Gasteiger partial charge in [0.05, 0.1) is 17.5 Å². The molecule has 1 heterocycles. The van der Waals surface area contributed by atoms with Crippen LogP contribution >= 0.6 is 11.3 Å². The first-order valence-electron chi connectivity index (χ1n) is 4.73. The summed E-state index contributed by atoms with van der Waals surface area (Å²) in [5.41, 5.74) is 8.08. The van der Waals surface area contributed by atoms with E-state index in [2.05, 4.69) is 4.98 Å². The molecule has 0 unspecified atom stereocenters. The van der Waals surface area contributed by atoms with Gasteiger partial charge in [0, 0.05) is 18.0 Å². The highest BCUT2D eigenvalue weighted by molar-refractivity contribution is 7.09. The maximum atomic E-state index is 5.65. The molecule has 2 aromatic rings. The molecule has 0 saturated carbocycles. The molecule has 0 fully saturated rings. The van der Waals surface area contributed by atoms with E-state index in [4.69, 9.17) is 15.2 Å². The van der Waals surface area contributed by atoms with Crippen molar-refractivity contribution in [2.24, 2.45) is 0 Å². The van der Waals surface area contributed by atoms with Gasteiger partial charge in [0.2, 0.25) is 0 Å². The minimum Gasteiger partial charge on any atom is -0.493 e. The van der Waals surface area contributed by atoms with Crippen molar-refractivity contribution in [3.05, 3.63) is 34.8 Å². The van der Waals surface area contributed by atoms with Crippen molar-refractivity contribution >= 4 is 17.0 Å². The summed E-state index contributed by atoms with van der Waals surface area (Å²) in [6.07, 6.45) is 1.79. The first-order valence-corrected chi connectivity index (χ1v) is 5.61. The van der Waals surface area contributed by atoms with Gasteiger partial charge in [0.15, 0.2) is 11.5 Å². The van der Waals surface area contributed by atoms with E-state index in [0.29, 0.717) is 23.8 Å². The topological polar surface area (TPSA) is 57.4 Å². The van der Waals surface area contributed by atoms with Crippen molar-refractivity contribution < 1.29 is 9.47 Å². The second-order valence-electron chi connectivity index (χ2n) is 3.17. The second-order valence-corrected chi connectivity index (χ2v) is 4.14. The zero-order valence-corrected chi connectivity index (χ0v) is 9.66. The SMILES string of the molecule is COc1cc(N)ccc1OCc1cncs1. The number of nitrogen functional groups attached to an aromatic ring is 1. The number of anilines is 1. The lowest BCUT2D eigenvalue weighted by Gasteiger charge is -2.10. The number of hydrogen-bond acceptors (Lipinski definition) is 5. The predicted molar refractivity (Wildman–Crippen MR) is 63.9 cm³/mol. The zero-order chi connectivity index (χ0) is 11.4. The Morgan fingerprint density at radius 3 is 2.94 bits per heavy atom. The molecule has 0 aliphatic heterocycles. The summed E-state index contributed by atoms with van der Waals surface area (Å²) >= 11 is 1.56. The van der Waals surface area contributed by atoms with Crippen LogP contribution in [-0.4, -0.2) is 12.1 Å². The van der Waals surface area contributed by atoms with Gasteiger partial charge in [-0.05, 0) is 12.1 Å². The van der Waals surface area contributed by atoms with E-state index in [9.17, 15) is 0 Å². The third-order valence-electron chi connectivity index (χ3n) is 2.04. The molecule has 2 rings (SSSR count). The Balaban J connectivity index is 2.09. The van der Waals surface area contributed by atoms with E-state index in [0.717, 1.165) is 4.88 Å². The summed E-state index contributed by atoms with van der Waals surface area (Å²) in [5.74, 6) is 1.33. The summed E-state index contributed by atoms with van der Waals surface area (Å²) in [6, 6.07) is 5.32. The van der Waals surface area contributed by atoms with Gasteiger partial charge >= 0.3 is 0 Å². The second kappa shape index (κ2) is 4.85. The van der Waals surface area contributed by atoms with E-state index in [1.807, 2.05) is 0 Å². The highest BCUT2D eigenvalue weighted by Gasteiger charge is 2.05. The molecule has 0 saturated heterocycles. The molecule has 0 bridgehead atoms. The van der Waals surface area contributed by atoms with Crippen molar-refractivity contribution in [2.45, 2.75) is 6.61 Å². The molecule has 5 heteroatoms. The average Bonchev–Trinajstić information content (AvgIpc) is 2.80. The third-order valence-corrected chi connectivity index (χ3v) is 2.79. The summed E-state index contributed by atoms with van der Waals surface area (Å²) in [6.45, 7) is 0.491. The highest BCUT2D eigenvalue weighted by atomic mass is 32.1. The Bertz CT molecular complexity index is 457. The number of methoxy groups -OCH3 is 1. The van der Waals surface area contributed by atoms with Crippen molar-refractivity contribution in [3.8, 4) is 11.5 Å². The lowest BCUT2D eigenvalue weighted by molar-refractivity contribution is 0.287. The molecule has 84 valence electrons. The van der Waals surface area contributed by atoms with Crippen molar-refractivity contribution in [3.63, 3.8) is 0 Å². The fourth-order valence-electron chi connectivity index (χ4n) is 1.27. The fourth-order valence-corrected chi connectivity index (χ4v) is 1.77. The third kappa shape index (κ3) is 2.43. The zero-order valence-electron chi connectivity index (χ0n) is 8.84. The number of rotatable bonds is 4. The van der Waals surface area contributed by atoms with Gasteiger partial charge in [0.25, 0.3) is 0 Å². The van der Waals surface area contributed by atoms with Crippen LogP contribution in [0, 0.1) is 0 Å². The van der Waals surface area contributed by atoms with Gasteiger partial charge in [-0.3, -0.25) is 4.98 Å². The van der Waals surface area contributed by atoms with Crippen LogP contribution < -0.4 is 15.2 Å². The summed E-state index contributed by atoms with van der Waals surface area (Å²) in [4.78, 5) is 5.05. The smallest absolute Gasteiger partial charge is 0.162 e. The number of benzene rings is 1. The lowest BCUT2D eigenvalue weighted by Crippen LogP contribution is -1.97. The number of nitrogens with zero attached hydrogens (tertiary/aromatic N) is 1. The molecule has 4 nitrogen and oxygen atoms in total. The Morgan fingerprint density at radius 2 is 2.25 bits per heavy atom. The van der Waals surface area contributed by atoms with Crippen LogP contribution in [0.1, 0.15) is 4.88 Å². The largest absolute Gasteiger partial charge is 0.493 e. The first-order chi connectivity index (χ1) is 7.79. The Kier molecular flexibility index (Phi) is 3.26. The van der Waals surface area contributed by atoms with Crippen molar-refractivity contribution in [2.75, 3.05) is 12.8 Å². The Morgan fingerprint density at radius 1 is 1.38 bits per heavy atom. The molecule has 1 aromatic carbocycles. The molecule has 0 aliphatic carbocycles. The van der Waals surface area contributed by atoms with Crippen LogP contribution in [-0.2, 0) is 6.61 Å². The molecular weight excluding hydrogens is 224 g/mol. The van der Waals surface area contributed by atoms with Crippen LogP contribution in [0.2, 0.25) is 0 Å². The van der Waals surface area contributed by atoms with Crippen molar-refractivity contribution in [1.82, 2.24) is 4.98 Å². The van der Waals surface area contributed by atoms with Gasteiger partial charge in [0.1, 0.15) is 6.61 Å². The van der Waals surface area contributed by atoms with E-state index in [1.54, 1.807) is 48.4 Å². The van der Waals surface area contributed by atoms with Gasteiger partial charge in [-0.1, -0.05) is 0 Å². The quantitative estimate of drug-likeness (QED) is 0.828. The molecule has 1 aromatic heterocycles. The summed E-state index contributed by atoms with van der Waals surface area (Å²) in [7, 11) is 1.59. The summed E-state index contributed by atoms with van der Waals surface area (Å²) < 4.78 is 10.8. The van der Waals surface area contributed by atoms with E-state index >= 15 is 0 Å². The molecule has 0 spiro atoms. The normalized spacial score (nSPS) is 10.1. The maximum Gasteiger partial charge on any atom is 0.162 e. The first kappa shape index (κ1) is 10.8. The highest BCUT2D eigenvalue weighted by Crippen LogP contribution is 2.29. The van der Waals surface area contributed by atoms with Gasteiger partial charge in [-0.25, -0.2) is 0 Å². The fraction of sp³-hybridized carbons (Fsp3) is 0.182. The van der Waals surface area contributed by atoms with E-state index < -0.39 is 0 Å². The van der Waals surface area contributed by atoms with E-state index in [-0.39, 0.29) is 0 Å². The minimum atomic E-state index is 0.491. The van der Waals surface area contributed by atoms with Crippen LogP contribution in [0.25, 0.3) is 0 Å². The number of hydrogen-bond donors (Lipinski definition) is 1. The Labute approximate surface area is 97.6 Å². The molecule has 16 heavy (non-hydrogen) atoms. The van der Waals surface area contributed by atoms with Crippen LogP contribution in [0.5, 0.6) is 11.5 Å². The number of nitrogens with two attached hydrogens (primary N) is 1. The van der Waals surface area contributed by atoms with Gasteiger partial charge in [-0.2, -0.15) is 0 Å². The van der Waals surface area contributed by atoms with Crippen molar-refractivity contribution in [1.29, 1.82) is 0 Å². The number of thiazole rings is 1. The monoisotopic (exact) mass is 236 g/mol. The van der Waals surface area contributed by atoms with E-state index in [1.165, 1.54) is 0 Å². The minimum absolute atomic E-state index is 0.491. The van der Waals surface area contributed by atoms with Crippen LogP contribution in [0.15, 0.2) is 29.9 Å². The van der Waals surface area contributed by atoms with Gasteiger partial charge < -0.3 is 15.2 Å². The predicted octanol–water partition coefficient (Wildman–Crippen LogP) is 2.31. The van der Waals surface area contributed by atoms with Gasteiger partial charge in [-0.15, -0.1) is 11.3 Å². The standard InChI is InChI=1S/C11H12N2O2S/c1-14-11-4-8(12)2-3-10(11)15-6-9-5-13-7-16-9/h2-5,7H,6,12H2,1H3. The summed E-state index contributed by atoms with van der Waals surface area (Å²) in [5, 5.41) is 0. The van der Waals surface area contributed by atoms with Crippen LogP contribution in [0.4, 0.5) is 5.69 Å². The number of aromatic nitrogens is 1. The maximum absolute atomic E-state index is 5.65. The van der Waals surface area contributed by atoms with Crippen LogP contribution in [0.3, 0.4) is 0 Å². The molecule has 0 atom stereocenters. The molecule has 0 amide bonds. The molecular formula is C11H12N2O2S. The number of ether oxygens (including phenoxy) is 2. The molecule has 0 aliphatic rings. The molecule has 0 radical (unpaired) electrons. The lowest BCUT2D eigenvalue weighted by atomic mass is 10.3. The molecule has 2 N–H and O–H groups in total.